The van der Waals surface area contributed by atoms with Gasteiger partial charge in [0.25, 0.3) is 0 Å². The van der Waals surface area contributed by atoms with E-state index in [1.807, 2.05) is 42.5 Å². The Balaban J connectivity index is 1.84. The first-order chi connectivity index (χ1) is 11.8. The summed E-state index contributed by atoms with van der Waals surface area (Å²) < 4.78 is 6.32. The van der Waals surface area contributed by atoms with Crippen molar-refractivity contribution in [3.8, 4) is 11.8 Å². The highest BCUT2D eigenvalue weighted by molar-refractivity contribution is 5.43. The number of hydrogen-bond acceptors (Lipinski definition) is 3. The fourth-order valence-corrected chi connectivity index (χ4v) is 3.42. The second-order valence-corrected chi connectivity index (χ2v) is 6.49. The fourth-order valence-electron chi connectivity index (χ4n) is 3.42. The molecular weight excluding hydrogens is 296 g/mol. The predicted octanol–water partition coefficient (Wildman–Crippen LogP) is 4.55. The highest BCUT2D eigenvalue weighted by atomic mass is 16.5. The van der Waals surface area contributed by atoms with Gasteiger partial charge >= 0.3 is 0 Å². The zero-order valence-corrected chi connectivity index (χ0v) is 14.2. The minimum atomic E-state index is -0.0359. The number of likely N-dealkylation sites (tertiary alicyclic amines) is 1. The smallest absolute Gasteiger partial charge is 0.137 e. The van der Waals surface area contributed by atoms with Crippen molar-refractivity contribution >= 4 is 0 Å². The molecule has 0 spiro atoms. The number of nitrogens with zero attached hydrogens (tertiary/aromatic N) is 2. The van der Waals surface area contributed by atoms with Crippen molar-refractivity contribution in [3.05, 3.63) is 65.7 Å². The van der Waals surface area contributed by atoms with E-state index < -0.39 is 0 Å². The lowest BCUT2D eigenvalue weighted by molar-refractivity contribution is 0.109. The monoisotopic (exact) mass is 320 g/mol. The highest BCUT2D eigenvalue weighted by Gasteiger charge is 2.25. The lowest BCUT2D eigenvalue weighted by Gasteiger charge is -2.35. The van der Waals surface area contributed by atoms with E-state index in [1.54, 1.807) is 0 Å². The maximum atomic E-state index is 9.33. The summed E-state index contributed by atoms with van der Waals surface area (Å²) in [6.45, 7) is 1.15. The Labute approximate surface area is 144 Å². The van der Waals surface area contributed by atoms with Crippen LogP contribution in [0.2, 0.25) is 0 Å². The molecule has 3 heteroatoms. The average Bonchev–Trinajstić information content (AvgIpc) is 2.64. The summed E-state index contributed by atoms with van der Waals surface area (Å²) in [4.78, 5) is 2.44. The molecule has 0 amide bonds. The maximum Gasteiger partial charge on any atom is 0.137 e. The zero-order valence-electron chi connectivity index (χ0n) is 14.2. The molecule has 3 nitrogen and oxygen atoms in total. The molecule has 0 aliphatic carbocycles. The minimum absolute atomic E-state index is 0.0359. The SMILES string of the molecule is CN1CCCCC1CC(Oc1ccccc1C#N)c1ccccc1. The number of nitriles is 1. The Morgan fingerprint density at radius 1 is 1.12 bits per heavy atom. The predicted molar refractivity (Wildman–Crippen MR) is 95.9 cm³/mol. The molecule has 2 atom stereocenters. The topological polar surface area (TPSA) is 36.3 Å². The number of piperidine rings is 1. The van der Waals surface area contributed by atoms with Gasteiger partial charge in [0, 0.05) is 12.5 Å². The number of ether oxygens (including phenoxy) is 1. The minimum Gasteiger partial charge on any atom is -0.484 e. The normalized spacial score (nSPS) is 19.4. The molecule has 0 N–H and O–H groups in total. The standard InChI is InChI=1S/C21H24N2O/c1-23-14-8-7-12-19(23)15-21(17-9-3-2-4-10-17)24-20-13-6-5-11-18(20)16-22/h2-6,9-11,13,19,21H,7-8,12,14-15H2,1H3. The van der Waals surface area contributed by atoms with Gasteiger partial charge in [0.2, 0.25) is 0 Å². The molecule has 2 aromatic rings. The van der Waals surface area contributed by atoms with Crippen LogP contribution in [-0.4, -0.2) is 24.5 Å². The molecule has 124 valence electrons. The summed E-state index contributed by atoms with van der Waals surface area (Å²) in [6.07, 6.45) is 4.68. The second-order valence-electron chi connectivity index (χ2n) is 6.49. The number of benzene rings is 2. The molecule has 1 saturated heterocycles. The van der Waals surface area contributed by atoms with Crippen LogP contribution < -0.4 is 4.74 Å². The van der Waals surface area contributed by atoms with E-state index in [-0.39, 0.29) is 6.10 Å². The van der Waals surface area contributed by atoms with Gasteiger partial charge in [-0.15, -0.1) is 0 Å². The van der Waals surface area contributed by atoms with Gasteiger partial charge in [0.05, 0.1) is 5.56 Å². The number of hydrogen-bond donors (Lipinski definition) is 0. The van der Waals surface area contributed by atoms with E-state index >= 15 is 0 Å². The Bertz CT molecular complexity index is 692. The summed E-state index contributed by atoms with van der Waals surface area (Å²) in [6, 6.07) is 20.6. The molecule has 2 aromatic carbocycles. The summed E-state index contributed by atoms with van der Waals surface area (Å²) in [5.41, 5.74) is 1.76. The second kappa shape index (κ2) is 7.99. The van der Waals surface area contributed by atoms with Crippen LogP contribution in [0.3, 0.4) is 0 Å². The van der Waals surface area contributed by atoms with Crippen molar-refractivity contribution in [1.82, 2.24) is 4.90 Å². The van der Waals surface area contributed by atoms with Crippen molar-refractivity contribution in [3.63, 3.8) is 0 Å². The highest BCUT2D eigenvalue weighted by Crippen LogP contribution is 2.31. The third-order valence-electron chi connectivity index (χ3n) is 4.86. The van der Waals surface area contributed by atoms with Gasteiger partial charge in [-0.05, 0) is 44.1 Å². The first-order valence-corrected chi connectivity index (χ1v) is 8.69. The fraction of sp³-hybridized carbons (Fsp3) is 0.381. The van der Waals surface area contributed by atoms with E-state index in [0.717, 1.165) is 13.0 Å². The van der Waals surface area contributed by atoms with E-state index in [2.05, 4.69) is 30.1 Å². The largest absolute Gasteiger partial charge is 0.484 e. The molecule has 3 rings (SSSR count). The van der Waals surface area contributed by atoms with Crippen LogP contribution >= 0.6 is 0 Å². The van der Waals surface area contributed by atoms with Crippen LogP contribution in [0, 0.1) is 11.3 Å². The third kappa shape index (κ3) is 3.96. The molecule has 2 unspecified atom stereocenters. The lowest BCUT2D eigenvalue weighted by Crippen LogP contribution is -2.37. The van der Waals surface area contributed by atoms with Crippen LogP contribution in [0.5, 0.6) is 5.75 Å². The van der Waals surface area contributed by atoms with Gasteiger partial charge in [-0.1, -0.05) is 48.9 Å². The Morgan fingerprint density at radius 2 is 1.88 bits per heavy atom. The van der Waals surface area contributed by atoms with Gasteiger partial charge in [-0.25, -0.2) is 0 Å². The van der Waals surface area contributed by atoms with Crippen LogP contribution in [0.15, 0.2) is 54.6 Å². The number of rotatable bonds is 5. The summed E-state index contributed by atoms with van der Waals surface area (Å²) in [7, 11) is 2.20. The molecule has 1 aliphatic heterocycles. The van der Waals surface area contributed by atoms with E-state index in [4.69, 9.17) is 4.74 Å². The maximum absolute atomic E-state index is 9.33. The van der Waals surface area contributed by atoms with Crippen LogP contribution in [0.4, 0.5) is 0 Å². The van der Waals surface area contributed by atoms with Crippen molar-refractivity contribution in [2.45, 2.75) is 37.8 Å². The average molecular weight is 320 g/mol. The van der Waals surface area contributed by atoms with Crippen molar-refractivity contribution in [2.24, 2.45) is 0 Å². The number of para-hydroxylation sites is 1. The van der Waals surface area contributed by atoms with Crippen molar-refractivity contribution in [1.29, 1.82) is 5.26 Å². The molecule has 1 heterocycles. The Kier molecular flexibility index (Phi) is 5.51. The van der Waals surface area contributed by atoms with Gasteiger partial charge in [0.15, 0.2) is 0 Å². The van der Waals surface area contributed by atoms with Crippen molar-refractivity contribution < 1.29 is 4.74 Å². The van der Waals surface area contributed by atoms with Crippen LogP contribution in [0.25, 0.3) is 0 Å². The van der Waals surface area contributed by atoms with Gasteiger partial charge in [0.1, 0.15) is 17.9 Å². The van der Waals surface area contributed by atoms with Crippen LogP contribution in [0.1, 0.15) is 42.9 Å². The Morgan fingerprint density at radius 3 is 2.62 bits per heavy atom. The first-order valence-electron chi connectivity index (χ1n) is 8.69. The van der Waals surface area contributed by atoms with Crippen molar-refractivity contribution in [2.75, 3.05) is 13.6 Å². The quantitative estimate of drug-likeness (QED) is 0.810. The first kappa shape index (κ1) is 16.5. The van der Waals surface area contributed by atoms with E-state index in [9.17, 15) is 5.26 Å². The summed E-state index contributed by atoms with van der Waals surface area (Å²) in [5.74, 6) is 0.673. The van der Waals surface area contributed by atoms with Crippen LogP contribution in [-0.2, 0) is 0 Å². The Hall–Kier alpha value is -2.31. The molecule has 0 bridgehead atoms. The van der Waals surface area contributed by atoms with Gasteiger partial charge in [-0.2, -0.15) is 5.26 Å². The summed E-state index contributed by atoms with van der Waals surface area (Å²) >= 11 is 0. The van der Waals surface area contributed by atoms with Gasteiger partial charge in [-0.3, -0.25) is 0 Å². The van der Waals surface area contributed by atoms with Gasteiger partial charge < -0.3 is 9.64 Å². The summed E-state index contributed by atoms with van der Waals surface area (Å²) in [5, 5.41) is 9.33. The molecule has 1 fully saturated rings. The molecule has 24 heavy (non-hydrogen) atoms. The van der Waals surface area contributed by atoms with E-state index in [0.29, 0.717) is 17.4 Å². The zero-order chi connectivity index (χ0) is 16.8. The molecule has 0 saturated carbocycles. The molecule has 0 aromatic heterocycles. The lowest BCUT2D eigenvalue weighted by atomic mass is 9.94. The molecule has 0 radical (unpaired) electrons. The molecule has 1 aliphatic rings. The third-order valence-corrected chi connectivity index (χ3v) is 4.86. The molecular formula is C21H24N2O. The van der Waals surface area contributed by atoms with E-state index in [1.165, 1.54) is 24.8 Å².